The monoisotopic (exact) mass is 298 g/mol. The maximum absolute atomic E-state index is 11.8. The summed E-state index contributed by atoms with van der Waals surface area (Å²) >= 11 is 0. The summed E-state index contributed by atoms with van der Waals surface area (Å²) in [6, 6.07) is 13.6. The van der Waals surface area contributed by atoms with Crippen LogP contribution in [-0.2, 0) is 4.79 Å². The molecule has 5 nitrogen and oxygen atoms in total. The van der Waals surface area contributed by atoms with Crippen LogP contribution in [0.25, 0.3) is 0 Å². The zero-order valence-corrected chi connectivity index (χ0v) is 12.0. The lowest BCUT2D eigenvalue weighted by molar-refractivity contribution is -0.116. The molecule has 5 heteroatoms. The first-order valence-corrected chi connectivity index (χ1v) is 6.86. The van der Waals surface area contributed by atoms with Crippen molar-refractivity contribution in [2.45, 2.75) is 12.8 Å². The van der Waals surface area contributed by atoms with Crippen molar-refractivity contribution in [3.63, 3.8) is 0 Å². The van der Waals surface area contributed by atoms with Gasteiger partial charge in [-0.1, -0.05) is 24.8 Å². The number of carbonyl (C=O) groups excluding carboxylic acids is 1. The lowest BCUT2D eigenvalue weighted by Crippen LogP contribution is -2.12. The molecule has 0 heterocycles. The Morgan fingerprint density at radius 2 is 1.64 bits per heavy atom. The van der Waals surface area contributed by atoms with Crippen molar-refractivity contribution in [2.75, 3.05) is 10.6 Å². The molecule has 4 N–H and O–H groups in total. The molecule has 0 aliphatic carbocycles. The fraction of sp³-hybridized carbons (Fsp3) is 0.118. The number of hydrogen-bond donors (Lipinski definition) is 4. The largest absolute Gasteiger partial charge is 0.504 e. The second-order valence-corrected chi connectivity index (χ2v) is 4.85. The number of para-hydroxylation sites is 1. The highest BCUT2D eigenvalue weighted by molar-refractivity contribution is 5.90. The molecule has 2 aromatic rings. The first-order valence-electron chi connectivity index (χ1n) is 6.86. The van der Waals surface area contributed by atoms with Gasteiger partial charge in [-0.05, 0) is 30.7 Å². The normalized spacial score (nSPS) is 10.0. The summed E-state index contributed by atoms with van der Waals surface area (Å²) in [4.78, 5) is 11.8. The first-order chi connectivity index (χ1) is 10.5. The minimum absolute atomic E-state index is 0.0947. The molecular weight excluding hydrogens is 280 g/mol. The minimum atomic E-state index is -0.209. The maximum atomic E-state index is 11.8. The van der Waals surface area contributed by atoms with Crippen LogP contribution in [0.4, 0.5) is 11.4 Å². The third-order valence-electron chi connectivity index (χ3n) is 3.01. The summed E-state index contributed by atoms with van der Waals surface area (Å²) in [5.41, 5.74) is 2.01. The second kappa shape index (κ2) is 7.17. The average Bonchev–Trinajstić information content (AvgIpc) is 2.50. The van der Waals surface area contributed by atoms with Gasteiger partial charge >= 0.3 is 0 Å². The fourth-order valence-corrected chi connectivity index (χ4v) is 1.88. The summed E-state index contributed by atoms with van der Waals surface area (Å²) in [7, 11) is 0. The van der Waals surface area contributed by atoms with Crippen molar-refractivity contribution < 1.29 is 15.0 Å². The van der Waals surface area contributed by atoms with Crippen LogP contribution >= 0.6 is 0 Å². The second-order valence-electron chi connectivity index (χ2n) is 4.85. The summed E-state index contributed by atoms with van der Waals surface area (Å²) in [6.45, 7) is 3.85. The Labute approximate surface area is 128 Å². The Morgan fingerprint density at radius 1 is 0.909 bits per heavy atom. The number of carbonyl (C=O) groups is 1. The molecule has 0 radical (unpaired) electrons. The highest BCUT2D eigenvalue weighted by Crippen LogP contribution is 2.28. The van der Waals surface area contributed by atoms with E-state index in [0.717, 1.165) is 5.69 Å². The molecule has 0 bridgehead atoms. The van der Waals surface area contributed by atoms with E-state index in [2.05, 4.69) is 17.2 Å². The summed E-state index contributed by atoms with van der Waals surface area (Å²) in [5, 5.41) is 24.4. The number of allylic oxidation sites excluding steroid dienone is 1. The minimum Gasteiger partial charge on any atom is -0.504 e. The molecule has 2 rings (SSSR count). The third kappa shape index (κ3) is 4.56. The molecule has 0 aliphatic heterocycles. The number of phenols is 2. The van der Waals surface area contributed by atoms with E-state index >= 15 is 0 Å². The predicted molar refractivity (Wildman–Crippen MR) is 86.8 cm³/mol. The van der Waals surface area contributed by atoms with E-state index < -0.39 is 0 Å². The van der Waals surface area contributed by atoms with E-state index in [-0.39, 0.29) is 17.4 Å². The number of amides is 1. The van der Waals surface area contributed by atoms with Crippen molar-refractivity contribution >= 4 is 17.3 Å². The Bertz CT molecular complexity index is 669. The molecule has 0 atom stereocenters. The number of rotatable bonds is 6. The SMILES string of the molecule is C=C(CCC(=O)Nc1ccccc1)Nc1ccc(O)c(O)c1. The number of aromatic hydroxyl groups is 2. The molecule has 1 amide bonds. The van der Waals surface area contributed by atoms with Crippen molar-refractivity contribution in [2.24, 2.45) is 0 Å². The average molecular weight is 298 g/mol. The van der Waals surface area contributed by atoms with Gasteiger partial charge in [0.15, 0.2) is 11.5 Å². The van der Waals surface area contributed by atoms with Crippen LogP contribution in [-0.4, -0.2) is 16.1 Å². The van der Waals surface area contributed by atoms with E-state index in [1.807, 2.05) is 30.3 Å². The smallest absolute Gasteiger partial charge is 0.224 e. The third-order valence-corrected chi connectivity index (χ3v) is 3.01. The van der Waals surface area contributed by atoms with Crippen LogP contribution in [0.1, 0.15) is 12.8 Å². The van der Waals surface area contributed by atoms with E-state index in [1.54, 1.807) is 6.07 Å². The zero-order valence-electron chi connectivity index (χ0n) is 12.0. The van der Waals surface area contributed by atoms with Crippen molar-refractivity contribution in [3.05, 3.63) is 60.8 Å². The van der Waals surface area contributed by atoms with E-state index in [1.165, 1.54) is 12.1 Å². The molecule has 22 heavy (non-hydrogen) atoms. The van der Waals surface area contributed by atoms with Gasteiger partial charge in [-0.25, -0.2) is 0 Å². The summed E-state index contributed by atoms with van der Waals surface area (Å²) < 4.78 is 0. The lowest BCUT2D eigenvalue weighted by Gasteiger charge is -2.10. The quantitative estimate of drug-likeness (QED) is 0.486. The Kier molecular flexibility index (Phi) is 5.03. The van der Waals surface area contributed by atoms with E-state index in [4.69, 9.17) is 0 Å². The van der Waals surface area contributed by atoms with Crippen molar-refractivity contribution in [1.82, 2.24) is 0 Å². The van der Waals surface area contributed by atoms with E-state index in [9.17, 15) is 15.0 Å². The topological polar surface area (TPSA) is 81.6 Å². The van der Waals surface area contributed by atoms with Crippen LogP contribution in [0.15, 0.2) is 60.8 Å². The van der Waals surface area contributed by atoms with Crippen LogP contribution in [0.3, 0.4) is 0 Å². The van der Waals surface area contributed by atoms with Gasteiger partial charge in [-0.2, -0.15) is 0 Å². The molecule has 0 spiro atoms. The highest BCUT2D eigenvalue weighted by Gasteiger charge is 2.05. The fourth-order valence-electron chi connectivity index (χ4n) is 1.88. The Hall–Kier alpha value is -2.95. The predicted octanol–water partition coefficient (Wildman–Crippen LogP) is 3.44. The molecule has 0 saturated heterocycles. The van der Waals surface area contributed by atoms with Gasteiger partial charge in [0.1, 0.15) is 0 Å². The van der Waals surface area contributed by atoms with Crippen LogP contribution < -0.4 is 10.6 Å². The van der Waals surface area contributed by atoms with Crippen molar-refractivity contribution in [1.29, 1.82) is 0 Å². The van der Waals surface area contributed by atoms with Crippen molar-refractivity contribution in [3.8, 4) is 11.5 Å². The molecular formula is C17H18N2O3. The maximum Gasteiger partial charge on any atom is 0.224 e. The van der Waals surface area contributed by atoms with Crippen LogP contribution in [0.2, 0.25) is 0 Å². The van der Waals surface area contributed by atoms with Gasteiger partial charge in [0.25, 0.3) is 0 Å². The molecule has 0 saturated carbocycles. The molecule has 0 unspecified atom stereocenters. The number of anilines is 2. The van der Waals surface area contributed by atoms with E-state index in [0.29, 0.717) is 24.2 Å². The summed E-state index contributed by atoms with van der Waals surface area (Å²) in [6.07, 6.45) is 0.755. The molecule has 0 fully saturated rings. The van der Waals surface area contributed by atoms with Gasteiger partial charge in [-0.3, -0.25) is 4.79 Å². The first kappa shape index (κ1) is 15.4. The lowest BCUT2D eigenvalue weighted by atomic mass is 10.2. The molecule has 0 aromatic heterocycles. The highest BCUT2D eigenvalue weighted by atomic mass is 16.3. The van der Waals surface area contributed by atoms with Gasteiger partial charge in [0.2, 0.25) is 5.91 Å². The standard InChI is InChI=1S/C17H18N2O3/c1-12(18-14-8-9-15(20)16(21)11-14)7-10-17(22)19-13-5-3-2-4-6-13/h2-6,8-9,11,18,20-21H,1,7,10H2,(H,19,22). The number of hydrogen-bond acceptors (Lipinski definition) is 4. The number of phenolic OH excluding ortho intramolecular Hbond substituents is 2. The van der Waals surface area contributed by atoms with Gasteiger partial charge in [0.05, 0.1) is 0 Å². The molecule has 114 valence electrons. The Morgan fingerprint density at radius 3 is 2.32 bits per heavy atom. The van der Waals surface area contributed by atoms with Crippen LogP contribution in [0, 0.1) is 0 Å². The zero-order chi connectivity index (χ0) is 15.9. The summed E-state index contributed by atoms with van der Waals surface area (Å²) in [5.74, 6) is -0.485. The number of benzene rings is 2. The number of nitrogens with one attached hydrogen (secondary N) is 2. The molecule has 2 aromatic carbocycles. The van der Waals surface area contributed by atoms with Gasteiger partial charge in [-0.15, -0.1) is 0 Å². The Balaban J connectivity index is 1.80. The van der Waals surface area contributed by atoms with Crippen LogP contribution in [0.5, 0.6) is 11.5 Å². The van der Waals surface area contributed by atoms with Gasteiger partial charge in [0, 0.05) is 29.6 Å². The van der Waals surface area contributed by atoms with Gasteiger partial charge < -0.3 is 20.8 Å². The molecule has 0 aliphatic rings.